The molecule has 0 unspecified atom stereocenters. The van der Waals surface area contributed by atoms with Crippen molar-refractivity contribution < 1.29 is 0 Å². The fourth-order valence-corrected chi connectivity index (χ4v) is 6.04. The summed E-state index contributed by atoms with van der Waals surface area (Å²) in [6, 6.07) is 58.2. The molecule has 7 rings (SSSR count). The number of rotatable bonds is 13. The van der Waals surface area contributed by atoms with Crippen LogP contribution in [0.25, 0.3) is 60.8 Å². The Kier molecular flexibility index (Phi) is 32.8. The van der Waals surface area contributed by atoms with Gasteiger partial charge in [-0.3, -0.25) is 0 Å². The molecule has 0 atom stereocenters. The van der Waals surface area contributed by atoms with Crippen LogP contribution >= 0.6 is 34.8 Å². The first-order valence-electron chi connectivity index (χ1n) is 21.7. The zero-order chi connectivity index (χ0) is 50.2. The average molecular weight is 953 g/mol. The molecule has 0 nitrogen and oxygen atoms in total. The minimum atomic E-state index is 0.558. The number of hydrogen-bond donors (Lipinski definition) is 0. The van der Waals surface area contributed by atoms with Crippen LogP contribution in [0.1, 0.15) is 72.3 Å². The molecule has 0 aliphatic heterocycles. The molecule has 3 heteroatoms. The van der Waals surface area contributed by atoms with E-state index in [1.807, 2.05) is 237 Å². The summed E-state index contributed by atoms with van der Waals surface area (Å²) in [7, 11) is 0. The van der Waals surface area contributed by atoms with Crippen LogP contribution < -0.4 is 0 Å². The minimum Gasteiger partial charge on any atom is -0.122 e. The van der Waals surface area contributed by atoms with Crippen molar-refractivity contribution in [2.45, 2.75) is 17.6 Å². The third kappa shape index (κ3) is 24.9. The molecule has 0 saturated heterocycles. The van der Waals surface area contributed by atoms with Crippen molar-refractivity contribution in [3.05, 3.63) is 314 Å². The minimum absolute atomic E-state index is 0.558. The lowest BCUT2D eigenvalue weighted by Crippen LogP contribution is -1.81. The number of halogens is 3. The van der Waals surface area contributed by atoms with Crippen LogP contribution in [0.15, 0.2) is 242 Å². The normalized spacial score (nSPS) is 8.99. The zero-order valence-corrected chi connectivity index (χ0v) is 41.6. The van der Waals surface area contributed by atoms with Crippen molar-refractivity contribution in [1.29, 1.82) is 0 Å². The Bertz CT molecular complexity index is 2500. The molecule has 0 N–H and O–H groups in total. The van der Waals surface area contributed by atoms with Gasteiger partial charge in [0.2, 0.25) is 0 Å². The van der Waals surface area contributed by atoms with E-state index in [9.17, 15) is 0 Å². The van der Waals surface area contributed by atoms with Gasteiger partial charge in [0.1, 0.15) is 0 Å². The van der Waals surface area contributed by atoms with Crippen molar-refractivity contribution in [1.82, 2.24) is 0 Å². The Hall–Kier alpha value is -7.19. The van der Waals surface area contributed by atoms with E-state index < -0.39 is 0 Å². The molecule has 0 amide bonds. The van der Waals surface area contributed by atoms with E-state index in [-0.39, 0.29) is 0 Å². The van der Waals surface area contributed by atoms with Crippen LogP contribution in [0.3, 0.4) is 0 Å². The van der Waals surface area contributed by atoms with E-state index in [1.54, 1.807) is 0 Å². The first-order valence-corrected chi connectivity index (χ1v) is 23.3. The predicted octanol–water partition coefficient (Wildman–Crippen LogP) is 20.5. The van der Waals surface area contributed by atoms with Crippen molar-refractivity contribution >= 4 is 95.6 Å². The lowest BCUT2D eigenvalue weighted by molar-refractivity contribution is 1.38. The molecule has 0 spiro atoms. The second kappa shape index (κ2) is 38.0. The highest BCUT2D eigenvalue weighted by atomic mass is 35.5. The second-order valence-electron chi connectivity index (χ2n) is 14.0. The molecule has 0 heterocycles. The van der Waals surface area contributed by atoms with Gasteiger partial charge in [-0.25, -0.2) is 0 Å². The standard InChI is InChI=1S/3C10H10.3C9H9Cl.C8H8/c1-3-9-5-7-10(4-2)8-6-9;1-3-9-6-5-7-10(4-2)8-9;1-3-9-7-5-6-8-10(9)4-2;1-2-8-3-5-9(7-10)6-4-8;1-2-8-4-3-5-9(6-8)7-10;1-2-8-5-3-4-6-9(8)7-10;1-2-8-6-4-3-5-7-8/h3*3-8H,1-2H2;3*2-6H,1,7H2;2-7H,1H2. The topological polar surface area (TPSA) is 0 Å². The molecule has 0 bridgehead atoms. The molecule has 0 radical (unpaired) electrons. The Balaban J connectivity index is 0.000000397. The Labute approximate surface area is 424 Å². The van der Waals surface area contributed by atoms with Crippen LogP contribution in [-0.2, 0) is 17.6 Å². The van der Waals surface area contributed by atoms with Crippen LogP contribution in [0.5, 0.6) is 0 Å². The molecule has 0 aliphatic rings. The van der Waals surface area contributed by atoms with Gasteiger partial charge in [0, 0.05) is 17.6 Å². The first-order chi connectivity index (χ1) is 33.1. The lowest BCUT2D eigenvalue weighted by atomic mass is 10.1. The van der Waals surface area contributed by atoms with E-state index in [4.69, 9.17) is 34.8 Å². The highest BCUT2D eigenvalue weighted by molar-refractivity contribution is 6.17. The van der Waals surface area contributed by atoms with Gasteiger partial charge in [-0.05, 0) is 78.4 Å². The molecular weight excluding hydrogens is 887 g/mol. The van der Waals surface area contributed by atoms with Gasteiger partial charge in [0.15, 0.2) is 0 Å². The molecule has 0 fully saturated rings. The van der Waals surface area contributed by atoms with Gasteiger partial charge in [-0.15, -0.1) is 34.8 Å². The lowest BCUT2D eigenvalue weighted by Gasteiger charge is -1.98. The van der Waals surface area contributed by atoms with E-state index >= 15 is 0 Å². The fraction of sp³-hybridized carbons (Fsp3) is 0.0462. The summed E-state index contributed by atoms with van der Waals surface area (Å²) < 4.78 is 0. The van der Waals surface area contributed by atoms with Crippen LogP contribution in [0, 0.1) is 0 Å². The average Bonchev–Trinajstić information content (AvgIpc) is 3.44. The Morgan fingerprint density at radius 2 is 0.574 bits per heavy atom. The monoisotopic (exact) mass is 950 g/mol. The van der Waals surface area contributed by atoms with E-state index in [0.29, 0.717) is 17.6 Å². The summed E-state index contributed by atoms with van der Waals surface area (Å²) >= 11 is 16.9. The summed E-state index contributed by atoms with van der Waals surface area (Å²) in [6.07, 6.45) is 18.2. The zero-order valence-electron chi connectivity index (χ0n) is 39.3. The summed E-state index contributed by atoms with van der Waals surface area (Å²) in [4.78, 5) is 0. The summed E-state index contributed by atoms with van der Waals surface area (Å²) in [5.74, 6) is 1.71. The second-order valence-corrected chi connectivity index (χ2v) is 14.8. The maximum absolute atomic E-state index is 5.66. The van der Waals surface area contributed by atoms with Crippen molar-refractivity contribution in [3.63, 3.8) is 0 Å². The molecule has 68 heavy (non-hydrogen) atoms. The Morgan fingerprint density at radius 1 is 0.250 bits per heavy atom. The van der Waals surface area contributed by atoms with Gasteiger partial charge in [-0.2, -0.15) is 0 Å². The van der Waals surface area contributed by atoms with Gasteiger partial charge in [0.05, 0.1) is 0 Å². The predicted molar refractivity (Wildman–Crippen MR) is 315 cm³/mol. The summed E-state index contributed by atoms with van der Waals surface area (Å²) in [5, 5.41) is 0. The number of alkyl halides is 3. The highest BCUT2D eigenvalue weighted by Crippen LogP contribution is 2.13. The van der Waals surface area contributed by atoms with Crippen LogP contribution in [0.4, 0.5) is 0 Å². The van der Waals surface area contributed by atoms with E-state index in [2.05, 4.69) is 65.8 Å². The van der Waals surface area contributed by atoms with E-state index in [1.165, 1.54) is 5.56 Å². The number of benzene rings is 7. The van der Waals surface area contributed by atoms with Crippen molar-refractivity contribution in [2.24, 2.45) is 0 Å². The van der Waals surface area contributed by atoms with Gasteiger partial charge in [0.25, 0.3) is 0 Å². The van der Waals surface area contributed by atoms with Crippen LogP contribution in [0.2, 0.25) is 0 Å². The first kappa shape index (κ1) is 58.8. The van der Waals surface area contributed by atoms with Gasteiger partial charge >= 0.3 is 0 Å². The number of hydrogen-bond acceptors (Lipinski definition) is 0. The summed E-state index contributed by atoms with van der Waals surface area (Å²) in [6.45, 7) is 36.7. The molecule has 7 aromatic rings. The maximum atomic E-state index is 5.66. The fourth-order valence-electron chi connectivity index (χ4n) is 5.45. The SMILES string of the molecule is C=Cc1ccc(C=C)cc1.C=Cc1ccc(CCl)cc1.C=Cc1cccc(C=C)c1.C=Cc1cccc(CCl)c1.C=Cc1ccccc1.C=Cc1ccccc1C=C.C=Cc1ccccc1CCl. The third-order valence-electron chi connectivity index (χ3n) is 9.39. The maximum Gasteiger partial charge on any atom is 0.0479 e. The summed E-state index contributed by atoms with van der Waals surface area (Å²) in [5.41, 5.74) is 14.8. The van der Waals surface area contributed by atoms with Crippen molar-refractivity contribution in [2.75, 3.05) is 0 Å². The largest absolute Gasteiger partial charge is 0.122 e. The quantitative estimate of drug-likeness (QED) is 0.101. The molecule has 346 valence electrons. The van der Waals surface area contributed by atoms with Crippen molar-refractivity contribution in [3.8, 4) is 0 Å². The molecular formula is C65H65Cl3. The molecule has 0 saturated carbocycles. The van der Waals surface area contributed by atoms with Gasteiger partial charge in [-0.1, -0.05) is 296 Å². The molecule has 0 aliphatic carbocycles. The molecule has 0 aromatic heterocycles. The Morgan fingerprint density at radius 3 is 0.926 bits per heavy atom. The third-order valence-corrected chi connectivity index (χ3v) is 10.3. The highest BCUT2D eigenvalue weighted by Gasteiger charge is 1.94. The molecule has 7 aromatic carbocycles. The smallest absolute Gasteiger partial charge is 0.0479 e. The van der Waals surface area contributed by atoms with Gasteiger partial charge < -0.3 is 0 Å². The van der Waals surface area contributed by atoms with Crippen LogP contribution in [-0.4, -0.2) is 0 Å². The van der Waals surface area contributed by atoms with E-state index in [0.717, 1.165) is 66.8 Å².